The van der Waals surface area contributed by atoms with Gasteiger partial charge < -0.3 is 0 Å². The van der Waals surface area contributed by atoms with E-state index in [2.05, 4.69) is 56.3 Å². The van der Waals surface area contributed by atoms with Gasteiger partial charge in [-0.25, -0.2) is 0 Å². The van der Waals surface area contributed by atoms with E-state index in [-0.39, 0.29) is 0 Å². The third kappa shape index (κ3) is 4.22. The van der Waals surface area contributed by atoms with E-state index in [0.29, 0.717) is 5.92 Å². The van der Waals surface area contributed by atoms with Crippen LogP contribution in [0.2, 0.25) is 0 Å². The highest BCUT2D eigenvalue weighted by atomic mass is 14.2. The molecule has 2 rings (SSSR count). The Bertz CT molecular complexity index is 473. The summed E-state index contributed by atoms with van der Waals surface area (Å²) in [6, 6.07) is 10.7. The van der Waals surface area contributed by atoms with E-state index in [0.717, 1.165) is 0 Å². The van der Waals surface area contributed by atoms with Crippen molar-refractivity contribution in [2.45, 2.75) is 39.5 Å². The summed E-state index contributed by atoms with van der Waals surface area (Å²) in [6.07, 6.45) is 9.00. The van der Waals surface area contributed by atoms with Gasteiger partial charge in [0, 0.05) is 6.92 Å². The molecule has 0 spiro atoms. The van der Waals surface area contributed by atoms with Crippen LogP contribution in [0.15, 0.2) is 42.5 Å². The van der Waals surface area contributed by atoms with Gasteiger partial charge in [0.05, 0.1) is 6.07 Å². The van der Waals surface area contributed by atoms with Crippen molar-refractivity contribution in [3.8, 4) is 6.07 Å². The molecular formula is C17H21N. The van der Waals surface area contributed by atoms with E-state index < -0.39 is 0 Å². The molecule has 1 aliphatic rings. The third-order valence-corrected chi connectivity index (χ3v) is 2.94. The highest BCUT2D eigenvalue weighted by Gasteiger charge is 2.05. The summed E-state index contributed by atoms with van der Waals surface area (Å²) in [4.78, 5) is 0. The SMILES string of the molecule is CC#N.CC(C)c1cccc(C2=CC=CCC2)c1. The summed E-state index contributed by atoms with van der Waals surface area (Å²) in [5, 5.41) is 7.32. The van der Waals surface area contributed by atoms with E-state index in [4.69, 9.17) is 5.26 Å². The van der Waals surface area contributed by atoms with Gasteiger partial charge in [-0.05, 0) is 35.5 Å². The smallest absolute Gasteiger partial charge is 0.0587 e. The van der Waals surface area contributed by atoms with Crippen molar-refractivity contribution in [3.05, 3.63) is 53.6 Å². The minimum Gasteiger partial charge on any atom is -0.199 e. The minimum absolute atomic E-state index is 0.615. The Kier molecular flexibility index (Phi) is 5.94. The Morgan fingerprint density at radius 1 is 1.28 bits per heavy atom. The molecule has 0 heterocycles. The maximum Gasteiger partial charge on any atom is 0.0587 e. The molecule has 0 amide bonds. The predicted octanol–water partition coefficient (Wildman–Crippen LogP) is 5.07. The maximum absolute atomic E-state index is 7.32. The van der Waals surface area contributed by atoms with Crippen molar-refractivity contribution in [1.29, 1.82) is 5.26 Å². The second-order valence-electron chi connectivity index (χ2n) is 4.66. The van der Waals surface area contributed by atoms with Crippen LogP contribution in [0.4, 0.5) is 0 Å². The van der Waals surface area contributed by atoms with Crippen molar-refractivity contribution in [2.24, 2.45) is 0 Å². The number of allylic oxidation sites excluding steroid dienone is 4. The lowest BCUT2D eigenvalue weighted by molar-refractivity contribution is 0.865. The zero-order valence-corrected chi connectivity index (χ0v) is 11.5. The molecule has 1 aromatic rings. The Hall–Kier alpha value is -1.81. The molecular weight excluding hydrogens is 218 g/mol. The molecule has 0 fully saturated rings. The third-order valence-electron chi connectivity index (χ3n) is 2.94. The Morgan fingerprint density at radius 2 is 2.00 bits per heavy atom. The van der Waals surface area contributed by atoms with Crippen LogP contribution >= 0.6 is 0 Å². The molecule has 0 unspecified atom stereocenters. The lowest BCUT2D eigenvalue weighted by Gasteiger charge is -2.12. The standard InChI is InChI=1S/C15H18.C2H3N/c1-12(2)14-9-6-10-15(11-14)13-7-4-3-5-8-13;1-2-3/h3-4,6-7,9-12H,5,8H2,1-2H3;1H3. The largest absolute Gasteiger partial charge is 0.199 e. The molecule has 94 valence electrons. The molecule has 0 bridgehead atoms. The van der Waals surface area contributed by atoms with Crippen molar-refractivity contribution < 1.29 is 0 Å². The Morgan fingerprint density at radius 3 is 2.56 bits per heavy atom. The van der Waals surface area contributed by atoms with Crippen LogP contribution in [-0.2, 0) is 0 Å². The fourth-order valence-corrected chi connectivity index (χ4v) is 1.94. The Balaban J connectivity index is 0.000000492. The number of nitrogens with zero attached hydrogens (tertiary/aromatic N) is 1. The predicted molar refractivity (Wildman–Crippen MR) is 78.2 cm³/mol. The van der Waals surface area contributed by atoms with Gasteiger partial charge in [0.15, 0.2) is 0 Å². The molecule has 1 heteroatoms. The normalized spacial score (nSPS) is 13.4. The highest BCUT2D eigenvalue weighted by Crippen LogP contribution is 2.26. The molecule has 0 radical (unpaired) electrons. The van der Waals surface area contributed by atoms with Crippen LogP contribution in [-0.4, -0.2) is 0 Å². The van der Waals surface area contributed by atoms with Crippen LogP contribution in [0.3, 0.4) is 0 Å². The lowest BCUT2D eigenvalue weighted by Crippen LogP contribution is -1.92. The van der Waals surface area contributed by atoms with Gasteiger partial charge >= 0.3 is 0 Å². The second kappa shape index (κ2) is 7.50. The van der Waals surface area contributed by atoms with Gasteiger partial charge in [-0.15, -0.1) is 0 Å². The first-order chi connectivity index (χ1) is 8.69. The van der Waals surface area contributed by atoms with Crippen LogP contribution in [0.25, 0.3) is 5.57 Å². The zero-order chi connectivity index (χ0) is 13.4. The van der Waals surface area contributed by atoms with Crippen LogP contribution in [0, 0.1) is 11.3 Å². The minimum atomic E-state index is 0.615. The van der Waals surface area contributed by atoms with E-state index in [1.807, 2.05) is 0 Å². The summed E-state index contributed by atoms with van der Waals surface area (Å²) >= 11 is 0. The molecule has 0 atom stereocenters. The van der Waals surface area contributed by atoms with Gasteiger partial charge in [0.2, 0.25) is 0 Å². The Labute approximate surface area is 110 Å². The molecule has 0 N–H and O–H groups in total. The van der Waals surface area contributed by atoms with Gasteiger partial charge in [-0.2, -0.15) is 5.26 Å². The fraction of sp³-hybridized carbons (Fsp3) is 0.353. The van der Waals surface area contributed by atoms with E-state index in [9.17, 15) is 0 Å². The first kappa shape index (κ1) is 14.3. The number of rotatable bonds is 2. The number of hydrogen-bond acceptors (Lipinski definition) is 1. The number of benzene rings is 1. The second-order valence-corrected chi connectivity index (χ2v) is 4.66. The van der Waals surface area contributed by atoms with Crippen LogP contribution in [0.1, 0.15) is 50.7 Å². The molecule has 1 aromatic carbocycles. The lowest BCUT2D eigenvalue weighted by atomic mass is 9.93. The monoisotopic (exact) mass is 239 g/mol. The molecule has 18 heavy (non-hydrogen) atoms. The zero-order valence-electron chi connectivity index (χ0n) is 11.5. The van der Waals surface area contributed by atoms with Crippen molar-refractivity contribution >= 4 is 5.57 Å². The average molecular weight is 239 g/mol. The molecule has 0 saturated carbocycles. The van der Waals surface area contributed by atoms with Gasteiger partial charge in [0.1, 0.15) is 0 Å². The topological polar surface area (TPSA) is 23.8 Å². The molecule has 0 saturated heterocycles. The highest BCUT2D eigenvalue weighted by molar-refractivity contribution is 5.68. The van der Waals surface area contributed by atoms with Gasteiger partial charge in [-0.3, -0.25) is 0 Å². The first-order valence-corrected chi connectivity index (χ1v) is 6.46. The van der Waals surface area contributed by atoms with E-state index in [1.165, 1.54) is 36.5 Å². The maximum atomic E-state index is 7.32. The van der Waals surface area contributed by atoms with E-state index >= 15 is 0 Å². The summed E-state index contributed by atoms with van der Waals surface area (Å²) in [7, 11) is 0. The summed E-state index contributed by atoms with van der Waals surface area (Å²) < 4.78 is 0. The molecule has 0 aliphatic heterocycles. The average Bonchev–Trinajstić information content (AvgIpc) is 2.41. The quantitative estimate of drug-likeness (QED) is 0.706. The van der Waals surface area contributed by atoms with Crippen molar-refractivity contribution in [3.63, 3.8) is 0 Å². The fourth-order valence-electron chi connectivity index (χ4n) is 1.94. The molecule has 0 aromatic heterocycles. The van der Waals surface area contributed by atoms with Crippen LogP contribution in [0.5, 0.6) is 0 Å². The molecule has 1 nitrogen and oxygen atoms in total. The van der Waals surface area contributed by atoms with E-state index in [1.54, 1.807) is 6.07 Å². The molecule has 1 aliphatic carbocycles. The number of hydrogen-bond donors (Lipinski definition) is 0. The van der Waals surface area contributed by atoms with Crippen LogP contribution < -0.4 is 0 Å². The summed E-state index contributed by atoms with van der Waals surface area (Å²) in [6.45, 7) is 5.92. The van der Waals surface area contributed by atoms with Gasteiger partial charge in [0.25, 0.3) is 0 Å². The summed E-state index contributed by atoms with van der Waals surface area (Å²) in [5.74, 6) is 0.615. The summed E-state index contributed by atoms with van der Waals surface area (Å²) in [5.41, 5.74) is 4.30. The van der Waals surface area contributed by atoms with Crippen molar-refractivity contribution in [2.75, 3.05) is 0 Å². The van der Waals surface area contributed by atoms with Gasteiger partial charge in [-0.1, -0.05) is 56.3 Å². The van der Waals surface area contributed by atoms with Crippen molar-refractivity contribution in [1.82, 2.24) is 0 Å². The number of nitriles is 1. The first-order valence-electron chi connectivity index (χ1n) is 6.46.